The molecule has 8 heteroatoms. The van der Waals surface area contributed by atoms with Crippen molar-refractivity contribution in [3.8, 4) is 22.4 Å². The van der Waals surface area contributed by atoms with E-state index in [1.165, 1.54) is 39.9 Å². The van der Waals surface area contributed by atoms with Crippen LogP contribution in [0.2, 0.25) is 0 Å². The maximum atomic E-state index is 12.7. The van der Waals surface area contributed by atoms with Crippen LogP contribution in [0.25, 0.3) is 22.4 Å². The molecule has 3 aromatic carbocycles. The summed E-state index contributed by atoms with van der Waals surface area (Å²) in [5.41, 5.74) is 4.38. The number of rotatable bonds is 8. The van der Waals surface area contributed by atoms with Crippen molar-refractivity contribution in [3.63, 3.8) is 0 Å². The third-order valence-corrected chi connectivity index (χ3v) is 8.29. The minimum absolute atomic E-state index is 0.170. The van der Waals surface area contributed by atoms with E-state index in [0.717, 1.165) is 22.4 Å². The van der Waals surface area contributed by atoms with E-state index in [4.69, 9.17) is 0 Å². The number of carbonyl (C=O) groups excluding carboxylic acids is 1. The quantitative estimate of drug-likeness (QED) is 0.340. The van der Waals surface area contributed by atoms with Crippen molar-refractivity contribution < 1.29 is 13.2 Å². The lowest BCUT2D eigenvalue weighted by Crippen LogP contribution is -2.30. The Labute approximate surface area is 204 Å². The highest BCUT2D eigenvalue weighted by Crippen LogP contribution is 2.28. The van der Waals surface area contributed by atoms with Gasteiger partial charge in [-0.25, -0.2) is 13.4 Å². The predicted octanol–water partition coefficient (Wildman–Crippen LogP) is 5.76. The molecule has 0 bridgehead atoms. The van der Waals surface area contributed by atoms with Gasteiger partial charge in [-0.2, -0.15) is 4.31 Å². The first-order valence-electron chi connectivity index (χ1n) is 10.9. The average molecular weight is 492 g/mol. The Balaban J connectivity index is 1.44. The van der Waals surface area contributed by atoms with Crippen LogP contribution < -0.4 is 5.32 Å². The molecule has 34 heavy (non-hydrogen) atoms. The van der Waals surface area contributed by atoms with Crippen molar-refractivity contribution in [1.82, 2.24) is 9.29 Å². The van der Waals surface area contributed by atoms with Crippen molar-refractivity contribution in [3.05, 3.63) is 89.8 Å². The van der Waals surface area contributed by atoms with Gasteiger partial charge in [0.05, 0.1) is 10.6 Å². The fraction of sp³-hybridized carbons (Fsp3) is 0.154. The summed E-state index contributed by atoms with van der Waals surface area (Å²) in [4.78, 5) is 17.4. The molecule has 0 aliphatic rings. The third-order valence-electron chi connectivity index (χ3n) is 5.47. The van der Waals surface area contributed by atoms with Gasteiger partial charge in [0.25, 0.3) is 5.91 Å². The zero-order chi connectivity index (χ0) is 24.1. The summed E-state index contributed by atoms with van der Waals surface area (Å²) in [6.45, 7) is 4.37. The molecule has 0 aliphatic heterocycles. The number of thiazole rings is 1. The zero-order valence-electron chi connectivity index (χ0n) is 18.9. The monoisotopic (exact) mass is 491 g/mol. The molecule has 1 N–H and O–H groups in total. The molecular formula is C26H25N3O3S2. The molecule has 0 atom stereocenters. The molecule has 0 fully saturated rings. The molecule has 0 aliphatic carbocycles. The number of benzene rings is 3. The number of nitrogens with zero attached hydrogens (tertiary/aromatic N) is 2. The molecule has 0 saturated carbocycles. The lowest BCUT2D eigenvalue weighted by molar-refractivity contribution is 0.102. The molecule has 4 aromatic rings. The zero-order valence-corrected chi connectivity index (χ0v) is 20.6. The minimum Gasteiger partial charge on any atom is -0.298 e. The van der Waals surface area contributed by atoms with Gasteiger partial charge in [0.1, 0.15) is 0 Å². The van der Waals surface area contributed by atoms with Gasteiger partial charge in [0.15, 0.2) is 5.13 Å². The second-order valence-corrected chi connectivity index (χ2v) is 10.3. The highest BCUT2D eigenvalue weighted by atomic mass is 32.2. The molecule has 1 heterocycles. The van der Waals surface area contributed by atoms with Gasteiger partial charge in [-0.1, -0.05) is 68.4 Å². The molecule has 6 nitrogen and oxygen atoms in total. The average Bonchev–Trinajstić information content (AvgIpc) is 3.34. The van der Waals surface area contributed by atoms with Crippen LogP contribution in [0.15, 0.2) is 89.1 Å². The third kappa shape index (κ3) is 5.09. The fourth-order valence-corrected chi connectivity index (χ4v) is 5.76. The molecule has 0 saturated heterocycles. The number of hydrogen-bond acceptors (Lipinski definition) is 5. The number of hydrogen-bond donors (Lipinski definition) is 1. The normalized spacial score (nSPS) is 11.5. The van der Waals surface area contributed by atoms with E-state index >= 15 is 0 Å². The Morgan fingerprint density at radius 1 is 0.853 bits per heavy atom. The van der Waals surface area contributed by atoms with E-state index < -0.39 is 10.0 Å². The van der Waals surface area contributed by atoms with Crippen molar-refractivity contribution in [2.75, 3.05) is 18.4 Å². The number of anilines is 1. The molecule has 1 aromatic heterocycles. The van der Waals surface area contributed by atoms with Crippen molar-refractivity contribution in [2.45, 2.75) is 18.7 Å². The molecule has 174 valence electrons. The summed E-state index contributed by atoms with van der Waals surface area (Å²) in [6, 6.07) is 24.2. The second kappa shape index (κ2) is 10.3. The Morgan fingerprint density at radius 3 is 2.06 bits per heavy atom. The van der Waals surface area contributed by atoms with Crippen LogP contribution in [-0.4, -0.2) is 36.7 Å². The summed E-state index contributed by atoms with van der Waals surface area (Å²) >= 11 is 1.34. The fourth-order valence-electron chi connectivity index (χ4n) is 3.59. The second-order valence-electron chi connectivity index (χ2n) is 7.55. The maximum Gasteiger partial charge on any atom is 0.257 e. The molecule has 4 rings (SSSR count). The predicted molar refractivity (Wildman–Crippen MR) is 137 cm³/mol. The smallest absolute Gasteiger partial charge is 0.257 e. The van der Waals surface area contributed by atoms with Crippen molar-refractivity contribution >= 4 is 32.4 Å². The topological polar surface area (TPSA) is 79.4 Å². The van der Waals surface area contributed by atoms with Crippen LogP contribution in [-0.2, 0) is 10.0 Å². The maximum absolute atomic E-state index is 12.7. The summed E-state index contributed by atoms with van der Waals surface area (Å²) in [5, 5.41) is 5.17. The summed E-state index contributed by atoms with van der Waals surface area (Å²) in [7, 11) is -3.56. The van der Waals surface area contributed by atoms with Crippen LogP contribution in [0, 0.1) is 0 Å². The molecule has 0 unspecified atom stereocenters. The number of amides is 1. The van der Waals surface area contributed by atoms with E-state index in [-0.39, 0.29) is 10.8 Å². The van der Waals surface area contributed by atoms with Crippen molar-refractivity contribution in [2.24, 2.45) is 0 Å². The van der Waals surface area contributed by atoms with Crippen LogP contribution in [0.3, 0.4) is 0 Å². The van der Waals surface area contributed by atoms with Gasteiger partial charge in [0, 0.05) is 29.6 Å². The summed E-state index contributed by atoms with van der Waals surface area (Å²) < 4.78 is 26.6. The first kappa shape index (κ1) is 23.8. The van der Waals surface area contributed by atoms with E-state index in [1.54, 1.807) is 13.8 Å². The SMILES string of the molecule is CCN(CC)S(=O)(=O)c1ccc(C(=O)Nc2nc(-c3ccc(-c4ccccc4)cc3)cs2)cc1. The Morgan fingerprint density at radius 2 is 1.44 bits per heavy atom. The lowest BCUT2D eigenvalue weighted by atomic mass is 10.0. The van der Waals surface area contributed by atoms with Crippen LogP contribution in [0.4, 0.5) is 5.13 Å². The number of aromatic nitrogens is 1. The van der Waals surface area contributed by atoms with Crippen LogP contribution >= 0.6 is 11.3 Å². The van der Waals surface area contributed by atoms with Crippen LogP contribution in [0.5, 0.6) is 0 Å². The number of carbonyl (C=O) groups is 1. The first-order chi connectivity index (χ1) is 16.4. The van der Waals surface area contributed by atoms with Gasteiger partial charge < -0.3 is 0 Å². The Hall–Kier alpha value is -3.33. The van der Waals surface area contributed by atoms with Crippen LogP contribution in [0.1, 0.15) is 24.2 Å². The lowest BCUT2D eigenvalue weighted by Gasteiger charge is -2.18. The van der Waals surface area contributed by atoms with Gasteiger partial charge in [-0.3, -0.25) is 10.1 Å². The van der Waals surface area contributed by atoms with Gasteiger partial charge in [-0.05, 0) is 35.4 Å². The summed E-state index contributed by atoms with van der Waals surface area (Å²) in [6.07, 6.45) is 0. The summed E-state index contributed by atoms with van der Waals surface area (Å²) in [5.74, 6) is -0.341. The molecule has 0 spiro atoms. The standard InChI is InChI=1S/C26H25N3O3S2/c1-3-29(4-2)34(31,32)23-16-14-22(15-17-23)25(30)28-26-27-24(18-33-26)21-12-10-20(11-13-21)19-8-6-5-7-9-19/h5-18H,3-4H2,1-2H3,(H,27,28,30). The van der Waals surface area contributed by atoms with E-state index in [2.05, 4.69) is 34.6 Å². The van der Waals surface area contributed by atoms with E-state index in [1.807, 2.05) is 35.7 Å². The molecular weight excluding hydrogens is 466 g/mol. The Bertz CT molecular complexity index is 1360. The van der Waals surface area contributed by atoms with Crippen molar-refractivity contribution in [1.29, 1.82) is 0 Å². The van der Waals surface area contributed by atoms with Gasteiger partial charge >= 0.3 is 0 Å². The van der Waals surface area contributed by atoms with Gasteiger partial charge in [0.2, 0.25) is 10.0 Å². The Kier molecular flexibility index (Phi) is 7.21. The number of sulfonamides is 1. The molecule has 1 amide bonds. The number of nitrogens with one attached hydrogen (secondary N) is 1. The van der Waals surface area contributed by atoms with Gasteiger partial charge in [-0.15, -0.1) is 11.3 Å². The minimum atomic E-state index is -3.56. The highest BCUT2D eigenvalue weighted by Gasteiger charge is 2.21. The largest absolute Gasteiger partial charge is 0.298 e. The highest BCUT2D eigenvalue weighted by molar-refractivity contribution is 7.89. The molecule has 0 radical (unpaired) electrons. The van der Waals surface area contributed by atoms with E-state index in [9.17, 15) is 13.2 Å². The van der Waals surface area contributed by atoms with E-state index in [0.29, 0.717) is 23.8 Å². The first-order valence-corrected chi connectivity index (χ1v) is 13.3.